The zero-order valence-electron chi connectivity index (χ0n) is 15.8. The van der Waals surface area contributed by atoms with Crippen LogP contribution in [0.1, 0.15) is 12.6 Å². The van der Waals surface area contributed by atoms with Crippen molar-refractivity contribution in [2.45, 2.75) is 19.4 Å². The van der Waals surface area contributed by atoms with Gasteiger partial charge in [0, 0.05) is 18.1 Å². The molecule has 8 heteroatoms. The third-order valence-corrected chi connectivity index (χ3v) is 4.35. The van der Waals surface area contributed by atoms with Gasteiger partial charge < -0.3 is 10.4 Å². The zero-order valence-corrected chi connectivity index (χ0v) is 15.8. The van der Waals surface area contributed by atoms with Gasteiger partial charge in [0.2, 0.25) is 5.95 Å². The van der Waals surface area contributed by atoms with Crippen molar-refractivity contribution in [2.75, 3.05) is 11.9 Å². The number of nitrogens with zero attached hydrogens (tertiary/aromatic N) is 6. The summed E-state index contributed by atoms with van der Waals surface area (Å²) >= 11 is 0. The van der Waals surface area contributed by atoms with Gasteiger partial charge in [0.05, 0.1) is 36.0 Å². The van der Waals surface area contributed by atoms with E-state index in [1.165, 1.54) is 0 Å². The molecule has 0 unspecified atom stereocenters. The fraction of sp³-hybridized carbons (Fsp3) is 0.190. The third kappa shape index (κ3) is 3.90. The maximum absolute atomic E-state index is 9.48. The summed E-state index contributed by atoms with van der Waals surface area (Å²) in [6.45, 7) is 2.01. The molecule has 0 aliphatic rings. The first-order chi connectivity index (χ1) is 14.2. The topological polar surface area (TPSA) is 113 Å². The molecule has 2 N–H and O–H groups in total. The van der Waals surface area contributed by atoms with E-state index in [1.807, 2.05) is 41.0 Å². The van der Waals surface area contributed by atoms with Gasteiger partial charge in [-0.2, -0.15) is 10.2 Å². The third-order valence-electron chi connectivity index (χ3n) is 4.35. The van der Waals surface area contributed by atoms with Crippen LogP contribution in [-0.4, -0.2) is 42.3 Å². The Morgan fingerprint density at radius 2 is 2.00 bits per heavy atom. The van der Waals surface area contributed by atoms with Crippen LogP contribution in [0, 0.1) is 11.3 Å². The number of hydrogen-bond donors (Lipinski definition) is 2. The fourth-order valence-corrected chi connectivity index (χ4v) is 3.02. The van der Waals surface area contributed by atoms with Crippen LogP contribution in [0.25, 0.3) is 28.2 Å². The highest BCUT2D eigenvalue weighted by molar-refractivity contribution is 5.80. The normalized spacial score (nSPS) is 11.9. The van der Waals surface area contributed by atoms with Gasteiger partial charge in [0.15, 0.2) is 5.82 Å². The molecule has 0 aliphatic carbocycles. The van der Waals surface area contributed by atoms with Gasteiger partial charge in [-0.15, -0.1) is 0 Å². The Kier molecular flexibility index (Phi) is 5.14. The van der Waals surface area contributed by atoms with E-state index in [9.17, 15) is 10.4 Å². The summed E-state index contributed by atoms with van der Waals surface area (Å²) in [4.78, 5) is 18.0. The van der Waals surface area contributed by atoms with Crippen molar-refractivity contribution in [3.8, 4) is 23.4 Å². The Balaban J connectivity index is 1.81. The average Bonchev–Trinajstić information content (AvgIpc) is 3.16. The van der Waals surface area contributed by atoms with Crippen LogP contribution >= 0.6 is 0 Å². The lowest BCUT2D eigenvalue weighted by Crippen LogP contribution is -2.17. The number of aliphatic hydroxyl groups excluding tert-OH is 1. The Morgan fingerprint density at radius 3 is 2.83 bits per heavy atom. The smallest absolute Gasteiger partial charge is 0.224 e. The highest BCUT2D eigenvalue weighted by Crippen LogP contribution is 2.24. The highest BCUT2D eigenvalue weighted by atomic mass is 16.3. The zero-order chi connectivity index (χ0) is 20.2. The number of aliphatic hydroxyl groups is 1. The Morgan fingerprint density at radius 1 is 1.14 bits per heavy atom. The second-order valence-corrected chi connectivity index (χ2v) is 6.60. The first-order valence-electron chi connectivity index (χ1n) is 9.21. The van der Waals surface area contributed by atoms with Crippen LogP contribution in [0.3, 0.4) is 0 Å². The van der Waals surface area contributed by atoms with Gasteiger partial charge in [-0.25, -0.2) is 15.0 Å². The number of imidazole rings is 1. The Hall–Kier alpha value is -3.83. The summed E-state index contributed by atoms with van der Waals surface area (Å²) in [5.41, 5.74) is 2.26. The molecule has 0 fully saturated rings. The summed E-state index contributed by atoms with van der Waals surface area (Å²) < 4.78 is 1.82. The molecule has 0 saturated carbocycles. The molecule has 29 heavy (non-hydrogen) atoms. The molecule has 3 aromatic heterocycles. The SMILES string of the molecule is C[C@@H](O)CNc1nccc(-n2c(CC#N)cnc2-c2ccc3ccccc3n2)n1. The molecule has 3 heterocycles. The Bertz CT molecular complexity index is 1190. The van der Waals surface area contributed by atoms with Gasteiger partial charge in [-0.05, 0) is 25.1 Å². The van der Waals surface area contributed by atoms with E-state index in [2.05, 4.69) is 26.3 Å². The molecule has 4 rings (SSSR count). The molecule has 0 aliphatic heterocycles. The average molecular weight is 385 g/mol. The van der Waals surface area contributed by atoms with Crippen molar-refractivity contribution >= 4 is 16.9 Å². The predicted octanol–water partition coefficient (Wildman–Crippen LogP) is 2.74. The minimum atomic E-state index is -0.526. The molecular weight excluding hydrogens is 366 g/mol. The van der Waals surface area contributed by atoms with Crippen LogP contribution < -0.4 is 5.32 Å². The summed E-state index contributed by atoms with van der Waals surface area (Å²) in [5.74, 6) is 1.56. The van der Waals surface area contributed by atoms with Gasteiger partial charge >= 0.3 is 0 Å². The number of para-hydroxylation sites is 1. The number of nitriles is 1. The molecule has 0 amide bonds. The van der Waals surface area contributed by atoms with Crippen molar-refractivity contribution in [1.82, 2.24) is 24.5 Å². The van der Waals surface area contributed by atoms with Crippen molar-refractivity contribution in [3.63, 3.8) is 0 Å². The molecule has 0 radical (unpaired) electrons. The summed E-state index contributed by atoms with van der Waals surface area (Å²) in [5, 5.41) is 22.8. The van der Waals surface area contributed by atoms with E-state index in [-0.39, 0.29) is 6.42 Å². The lowest BCUT2D eigenvalue weighted by atomic mass is 10.2. The van der Waals surface area contributed by atoms with Crippen LogP contribution in [0.4, 0.5) is 5.95 Å². The summed E-state index contributed by atoms with van der Waals surface area (Å²) in [6.07, 6.45) is 2.95. The largest absolute Gasteiger partial charge is 0.392 e. The van der Waals surface area contributed by atoms with Gasteiger partial charge in [0.25, 0.3) is 0 Å². The van der Waals surface area contributed by atoms with Crippen LogP contribution in [0.15, 0.2) is 54.9 Å². The maximum Gasteiger partial charge on any atom is 0.224 e. The predicted molar refractivity (Wildman–Crippen MR) is 109 cm³/mol. The number of rotatable bonds is 6. The van der Waals surface area contributed by atoms with E-state index >= 15 is 0 Å². The van der Waals surface area contributed by atoms with E-state index < -0.39 is 6.10 Å². The van der Waals surface area contributed by atoms with Crippen LogP contribution in [-0.2, 0) is 6.42 Å². The molecule has 0 spiro atoms. The van der Waals surface area contributed by atoms with E-state index in [4.69, 9.17) is 4.98 Å². The van der Waals surface area contributed by atoms with E-state index in [0.29, 0.717) is 35.5 Å². The molecule has 1 atom stereocenters. The maximum atomic E-state index is 9.48. The molecule has 1 aromatic carbocycles. The van der Waals surface area contributed by atoms with Gasteiger partial charge in [-0.1, -0.05) is 24.3 Å². The fourth-order valence-electron chi connectivity index (χ4n) is 3.02. The molecule has 0 bridgehead atoms. The molecule has 0 saturated heterocycles. The van der Waals surface area contributed by atoms with Crippen LogP contribution in [0.2, 0.25) is 0 Å². The van der Waals surface area contributed by atoms with E-state index in [0.717, 1.165) is 10.9 Å². The van der Waals surface area contributed by atoms with E-state index in [1.54, 1.807) is 25.4 Å². The monoisotopic (exact) mass is 385 g/mol. The highest BCUT2D eigenvalue weighted by Gasteiger charge is 2.16. The lowest BCUT2D eigenvalue weighted by molar-refractivity contribution is 0.208. The number of hydrogen-bond acceptors (Lipinski definition) is 7. The second-order valence-electron chi connectivity index (χ2n) is 6.60. The molecule has 8 nitrogen and oxygen atoms in total. The van der Waals surface area contributed by atoms with Crippen LogP contribution in [0.5, 0.6) is 0 Å². The standard InChI is InChI=1S/C21H19N7O/c1-14(29)12-25-21-23-11-9-19(27-21)28-16(8-10-22)13-24-20(28)18-7-6-15-4-2-3-5-17(15)26-18/h2-7,9,11,13-14,29H,8,12H2,1H3,(H,23,25,27)/t14-/m1/s1. The molecule has 4 aromatic rings. The van der Waals surface area contributed by atoms with Crippen molar-refractivity contribution in [1.29, 1.82) is 5.26 Å². The number of fused-ring (bicyclic) bond motifs is 1. The number of benzene rings is 1. The number of anilines is 1. The minimum Gasteiger partial charge on any atom is -0.392 e. The van der Waals surface area contributed by atoms with Crippen molar-refractivity contribution in [3.05, 3.63) is 60.6 Å². The van der Waals surface area contributed by atoms with Crippen molar-refractivity contribution in [2.24, 2.45) is 0 Å². The minimum absolute atomic E-state index is 0.182. The number of pyridine rings is 1. The lowest BCUT2D eigenvalue weighted by Gasteiger charge is -2.12. The molecule has 144 valence electrons. The van der Waals surface area contributed by atoms with Crippen molar-refractivity contribution < 1.29 is 5.11 Å². The summed E-state index contributed by atoms with van der Waals surface area (Å²) in [7, 11) is 0. The van der Waals surface area contributed by atoms with Gasteiger partial charge in [0.1, 0.15) is 11.5 Å². The molecular formula is C21H19N7O. The Labute approximate surface area is 167 Å². The quantitative estimate of drug-likeness (QED) is 0.525. The van der Waals surface area contributed by atoms with Gasteiger partial charge in [-0.3, -0.25) is 4.57 Å². The first kappa shape index (κ1) is 18.5. The second kappa shape index (κ2) is 8.04. The number of nitrogens with one attached hydrogen (secondary N) is 1. The number of aromatic nitrogens is 5. The summed E-state index contributed by atoms with van der Waals surface area (Å²) in [6, 6.07) is 15.7. The first-order valence-corrected chi connectivity index (χ1v) is 9.21.